The molecule has 5 nitrogen and oxygen atoms in total. The Morgan fingerprint density at radius 1 is 1.20 bits per heavy atom. The van der Waals surface area contributed by atoms with Crippen molar-refractivity contribution in [2.45, 2.75) is 19.9 Å². The average Bonchev–Trinajstić information content (AvgIpc) is 2.43. The maximum atomic E-state index is 11.8. The number of amides is 1. The van der Waals surface area contributed by atoms with E-state index in [9.17, 15) is 9.59 Å². The predicted molar refractivity (Wildman–Crippen MR) is 75.3 cm³/mol. The topological polar surface area (TPSA) is 68.3 Å². The Kier molecular flexibility index (Phi) is 4.30. The molecule has 0 aliphatic heterocycles. The van der Waals surface area contributed by atoms with Crippen molar-refractivity contribution in [3.8, 4) is 0 Å². The van der Waals surface area contributed by atoms with Crippen LogP contribution in [-0.4, -0.2) is 29.5 Å². The number of hydrogen-bond donors (Lipinski definition) is 1. The Balaban J connectivity index is 2.02. The Morgan fingerprint density at radius 2 is 1.95 bits per heavy atom. The molecule has 0 atom stereocenters. The monoisotopic (exact) mass is 272 g/mol. The molecule has 0 radical (unpaired) electrons. The van der Waals surface area contributed by atoms with Crippen LogP contribution in [-0.2, 0) is 9.53 Å². The molecule has 1 aromatic carbocycles. The Morgan fingerprint density at radius 3 is 2.70 bits per heavy atom. The lowest BCUT2D eigenvalue weighted by atomic mass is 10.2. The number of hydrogen-bond acceptors (Lipinski definition) is 4. The third kappa shape index (κ3) is 3.54. The van der Waals surface area contributed by atoms with Crippen molar-refractivity contribution in [2.75, 3.05) is 6.61 Å². The van der Waals surface area contributed by atoms with Gasteiger partial charge < -0.3 is 10.1 Å². The van der Waals surface area contributed by atoms with Crippen molar-refractivity contribution < 1.29 is 14.3 Å². The number of benzene rings is 1. The van der Waals surface area contributed by atoms with Crippen molar-refractivity contribution in [1.29, 1.82) is 0 Å². The van der Waals surface area contributed by atoms with E-state index in [4.69, 9.17) is 4.74 Å². The minimum absolute atomic E-state index is 0.0139. The summed E-state index contributed by atoms with van der Waals surface area (Å²) in [5.74, 6) is -0.927. The molecule has 20 heavy (non-hydrogen) atoms. The second-order valence-corrected chi connectivity index (χ2v) is 4.69. The molecule has 0 saturated carbocycles. The number of para-hydroxylation sites is 1. The molecule has 0 bridgehead atoms. The third-order valence-corrected chi connectivity index (χ3v) is 2.59. The number of carbonyl (C=O) groups is 2. The predicted octanol–water partition coefficient (Wildman–Crippen LogP) is 1.92. The fourth-order valence-electron chi connectivity index (χ4n) is 1.75. The van der Waals surface area contributed by atoms with Gasteiger partial charge >= 0.3 is 5.97 Å². The maximum Gasteiger partial charge on any atom is 0.357 e. The molecule has 104 valence electrons. The average molecular weight is 272 g/mol. The van der Waals surface area contributed by atoms with Gasteiger partial charge in [0.25, 0.3) is 5.91 Å². The lowest BCUT2D eigenvalue weighted by molar-refractivity contribution is -0.124. The summed E-state index contributed by atoms with van der Waals surface area (Å²) in [4.78, 5) is 27.4. The van der Waals surface area contributed by atoms with Crippen LogP contribution in [0.1, 0.15) is 24.3 Å². The van der Waals surface area contributed by atoms with Gasteiger partial charge in [0.05, 0.1) is 5.52 Å². The fraction of sp³-hybridized carbons (Fsp3) is 0.267. The van der Waals surface area contributed by atoms with Gasteiger partial charge in [-0.15, -0.1) is 0 Å². The first kappa shape index (κ1) is 14.0. The van der Waals surface area contributed by atoms with E-state index in [1.54, 1.807) is 12.1 Å². The summed E-state index contributed by atoms with van der Waals surface area (Å²) < 4.78 is 4.93. The summed E-state index contributed by atoms with van der Waals surface area (Å²) >= 11 is 0. The molecule has 0 unspecified atom stereocenters. The standard InChI is InChI=1S/C15H16N2O3/c1-10(2)16-14(18)9-20-15(19)13-8-7-11-5-3-4-6-12(11)17-13/h3-8,10H,9H2,1-2H3,(H,16,18). The quantitative estimate of drug-likeness (QED) is 0.863. The van der Waals surface area contributed by atoms with Crippen LogP contribution in [0.3, 0.4) is 0 Å². The number of rotatable bonds is 4. The van der Waals surface area contributed by atoms with Gasteiger partial charge in [0.15, 0.2) is 6.61 Å². The van der Waals surface area contributed by atoms with Crippen LogP contribution in [0.25, 0.3) is 10.9 Å². The van der Waals surface area contributed by atoms with Gasteiger partial charge in [-0.2, -0.15) is 0 Å². The molecule has 0 aliphatic rings. The summed E-state index contributed by atoms with van der Waals surface area (Å²) in [6.45, 7) is 3.38. The third-order valence-electron chi connectivity index (χ3n) is 2.59. The first-order valence-corrected chi connectivity index (χ1v) is 6.38. The molecule has 1 heterocycles. The summed E-state index contributed by atoms with van der Waals surface area (Å²) in [5, 5.41) is 3.59. The molecule has 0 aliphatic carbocycles. The van der Waals surface area contributed by atoms with Crippen molar-refractivity contribution in [2.24, 2.45) is 0 Å². The van der Waals surface area contributed by atoms with Crippen LogP contribution >= 0.6 is 0 Å². The molecular formula is C15H16N2O3. The van der Waals surface area contributed by atoms with E-state index in [1.807, 2.05) is 38.1 Å². The second kappa shape index (κ2) is 6.14. The van der Waals surface area contributed by atoms with Crippen molar-refractivity contribution >= 4 is 22.8 Å². The van der Waals surface area contributed by atoms with Gasteiger partial charge in [-0.25, -0.2) is 9.78 Å². The van der Waals surface area contributed by atoms with Crippen LogP contribution in [0.4, 0.5) is 0 Å². The van der Waals surface area contributed by atoms with E-state index in [-0.39, 0.29) is 24.2 Å². The molecule has 2 aromatic rings. The highest BCUT2D eigenvalue weighted by Gasteiger charge is 2.12. The Bertz CT molecular complexity index is 638. The number of fused-ring (bicyclic) bond motifs is 1. The molecule has 0 fully saturated rings. The zero-order valence-corrected chi connectivity index (χ0v) is 11.4. The van der Waals surface area contributed by atoms with E-state index in [0.29, 0.717) is 5.52 Å². The number of nitrogens with one attached hydrogen (secondary N) is 1. The molecule has 0 spiro atoms. The molecule has 0 saturated heterocycles. The SMILES string of the molecule is CC(C)NC(=O)COC(=O)c1ccc2ccccc2n1. The minimum atomic E-state index is -0.602. The van der Waals surface area contributed by atoms with E-state index in [2.05, 4.69) is 10.3 Å². The smallest absolute Gasteiger partial charge is 0.357 e. The van der Waals surface area contributed by atoms with Crippen LogP contribution < -0.4 is 5.32 Å². The number of esters is 1. The zero-order valence-electron chi connectivity index (χ0n) is 11.4. The van der Waals surface area contributed by atoms with Crippen LogP contribution in [0.5, 0.6) is 0 Å². The van der Waals surface area contributed by atoms with E-state index >= 15 is 0 Å². The van der Waals surface area contributed by atoms with E-state index in [1.165, 1.54) is 0 Å². The van der Waals surface area contributed by atoms with Gasteiger partial charge in [-0.3, -0.25) is 4.79 Å². The molecule has 1 aromatic heterocycles. The van der Waals surface area contributed by atoms with Crippen molar-refractivity contribution in [3.63, 3.8) is 0 Å². The highest BCUT2D eigenvalue weighted by molar-refractivity contribution is 5.92. The molecule has 1 N–H and O–H groups in total. The molecule has 5 heteroatoms. The number of pyridine rings is 1. The Hall–Kier alpha value is -2.43. The molecule has 1 amide bonds. The summed E-state index contributed by atoms with van der Waals surface area (Å²) in [5.41, 5.74) is 0.912. The number of ether oxygens (including phenoxy) is 1. The summed E-state index contributed by atoms with van der Waals surface area (Å²) in [6.07, 6.45) is 0. The van der Waals surface area contributed by atoms with Crippen LogP contribution in [0, 0.1) is 0 Å². The van der Waals surface area contributed by atoms with E-state index in [0.717, 1.165) is 5.39 Å². The highest BCUT2D eigenvalue weighted by Crippen LogP contribution is 2.12. The van der Waals surface area contributed by atoms with Gasteiger partial charge in [0, 0.05) is 11.4 Å². The number of nitrogens with zero attached hydrogens (tertiary/aromatic N) is 1. The van der Waals surface area contributed by atoms with E-state index < -0.39 is 5.97 Å². The Labute approximate surface area is 117 Å². The molecular weight excluding hydrogens is 256 g/mol. The maximum absolute atomic E-state index is 11.8. The van der Waals surface area contributed by atoms with Gasteiger partial charge in [-0.05, 0) is 26.0 Å². The van der Waals surface area contributed by atoms with Crippen LogP contribution in [0.15, 0.2) is 36.4 Å². The van der Waals surface area contributed by atoms with Crippen molar-refractivity contribution in [3.05, 3.63) is 42.1 Å². The van der Waals surface area contributed by atoms with Gasteiger partial charge in [0.1, 0.15) is 5.69 Å². The first-order chi connectivity index (χ1) is 9.56. The fourth-order valence-corrected chi connectivity index (χ4v) is 1.75. The number of aromatic nitrogens is 1. The minimum Gasteiger partial charge on any atom is -0.451 e. The van der Waals surface area contributed by atoms with Gasteiger partial charge in [-0.1, -0.05) is 24.3 Å². The summed E-state index contributed by atoms with van der Waals surface area (Å²) in [6, 6.07) is 10.9. The second-order valence-electron chi connectivity index (χ2n) is 4.69. The lowest BCUT2D eigenvalue weighted by Crippen LogP contribution is -2.34. The zero-order chi connectivity index (χ0) is 14.5. The normalized spacial score (nSPS) is 10.6. The van der Waals surface area contributed by atoms with Crippen LogP contribution in [0.2, 0.25) is 0 Å². The summed E-state index contributed by atoms with van der Waals surface area (Å²) in [7, 11) is 0. The lowest BCUT2D eigenvalue weighted by Gasteiger charge is -2.08. The van der Waals surface area contributed by atoms with Crippen molar-refractivity contribution in [1.82, 2.24) is 10.3 Å². The number of carbonyl (C=O) groups excluding carboxylic acids is 2. The van der Waals surface area contributed by atoms with Gasteiger partial charge in [0.2, 0.25) is 0 Å². The molecule has 2 rings (SSSR count). The first-order valence-electron chi connectivity index (χ1n) is 6.38. The largest absolute Gasteiger partial charge is 0.451 e. The highest BCUT2D eigenvalue weighted by atomic mass is 16.5.